The van der Waals surface area contributed by atoms with E-state index >= 15 is 0 Å². The second-order valence-corrected chi connectivity index (χ2v) is 8.04. The van der Waals surface area contributed by atoms with Crippen molar-refractivity contribution in [3.05, 3.63) is 42.5 Å². The van der Waals surface area contributed by atoms with Crippen LogP contribution in [0, 0.1) is 0 Å². The molecular weight excluding hydrogens is 360 g/mol. The van der Waals surface area contributed by atoms with Crippen molar-refractivity contribution in [2.45, 2.75) is 38.5 Å². The third kappa shape index (κ3) is 4.11. The zero-order chi connectivity index (χ0) is 19.5. The maximum absolute atomic E-state index is 4.86. The molecule has 29 heavy (non-hydrogen) atoms. The standard InChI is InChI=1S/C23H28N6/c1-5-13-28(14-6-1)22-25-21(26-23(27-22)29-15-7-2-8-16-29)24-20-12-11-18-9-3-4-10-19(18)17-20/h3-4,9-12,17H,1-2,5-8,13-16H2,(H,24,25,26,27). The number of fused-ring (bicyclic) bond motifs is 1. The molecule has 0 aliphatic carbocycles. The highest BCUT2D eigenvalue weighted by molar-refractivity contribution is 5.86. The first-order chi connectivity index (χ1) is 14.3. The van der Waals surface area contributed by atoms with Gasteiger partial charge in [-0.1, -0.05) is 30.3 Å². The van der Waals surface area contributed by atoms with Crippen LogP contribution in [0.4, 0.5) is 23.5 Å². The normalized spacial score (nSPS) is 17.5. The molecule has 0 amide bonds. The number of hydrogen-bond donors (Lipinski definition) is 1. The molecule has 1 N–H and O–H groups in total. The summed E-state index contributed by atoms with van der Waals surface area (Å²) in [7, 11) is 0. The maximum Gasteiger partial charge on any atom is 0.233 e. The van der Waals surface area contributed by atoms with E-state index in [1.54, 1.807) is 0 Å². The summed E-state index contributed by atoms with van der Waals surface area (Å²) in [5.74, 6) is 2.25. The molecule has 6 nitrogen and oxygen atoms in total. The fraction of sp³-hybridized carbons (Fsp3) is 0.435. The van der Waals surface area contributed by atoms with Gasteiger partial charge in [0.1, 0.15) is 0 Å². The number of nitrogens with zero attached hydrogens (tertiary/aromatic N) is 5. The summed E-state index contributed by atoms with van der Waals surface area (Å²) in [6.45, 7) is 4.11. The Bertz CT molecular complexity index is 940. The highest BCUT2D eigenvalue weighted by Gasteiger charge is 2.20. The van der Waals surface area contributed by atoms with Crippen LogP contribution in [0.3, 0.4) is 0 Å². The van der Waals surface area contributed by atoms with E-state index in [1.807, 2.05) is 0 Å². The van der Waals surface area contributed by atoms with Crippen LogP contribution in [0.2, 0.25) is 0 Å². The predicted molar refractivity (Wildman–Crippen MR) is 119 cm³/mol. The van der Waals surface area contributed by atoms with E-state index in [0.29, 0.717) is 5.95 Å². The number of aromatic nitrogens is 3. The molecule has 0 unspecified atom stereocenters. The number of anilines is 4. The highest BCUT2D eigenvalue weighted by atomic mass is 15.4. The maximum atomic E-state index is 4.86. The van der Waals surface area contributed by atoms with Crippen molar-refractivity contribution in [2.24, 2.45) is 0 Å². The van der Waals surface area contributed by atoms with Gasteiger partial charge in [-0.3, -0.25) is 0 Å². The summed E-state index contributed by atoms with van der Waals surface area (Å²) < 4.78 is 0. The summed E-state index contributed by atoms with van der Waals surface area (Å²) >= 11 is 0. The van der Waals surface area contributed by atoms with E-state index < -0.39 is 0 Å². The molecule has 1 aromatic heterocycles. The lowest BCUT2D eigenvalue weighted by atomic mass is 10.1. The number of nitrogens with one attached hydrogen (secondary N) is 1. The molecule has 3 heterocycles. The summed E-state index contributed by atoms with van der Waals surface area (Å²) in [5, 5.41) is 5.88. The molecule has 2 saturated heterocycles. The fourth-order valence-electron chi connectivity index (χ4n) is 4.28. The summed E-state index contributed by atoms with van der Waals surface area (Å²) in [4.78, 5) is 19.1. The van der Waals surface area contributed by atoms with Crippen LogP contribution in [0.25, 0.3) is 10.8 Å². The zero-order valence-electron chi connectivity index (χ0n) is 16.8. The van der Waals surface area contributed by atoms with Gasteiger partial charge in [-0.25, -0.2) is 0 Å². The molecule has 3 aromatic rings. The Balaban J connectivity index is 1.47. The van der Waals surface area contributed by atoms with Crippen LogP contribution in [-0.4, -0.2) is 41.1 Å². The van der Waals surface area contributed by atoms with Crippen molar-refractivity contribution < 1.29 is 0 Å². The molecule has 150 valence electrons. The van der Waals surface area contributed by atoms with Crippen molar-refractivity contribution in [1.82, 2.24) is 15.0 Å². The first-order valence-electron chi connectivity index (χ1n) is 10.9. The molecule has 2 aliphatic heterocycles. The van der Waals surface area contributed by atoms with E-state index in [9.17, 15) is 0 Å². The quantitative estimate of drug-likeness (QED) is 0.696. The predicted octanol–water partition coefficient (Wildman–Crippen LogP) is 4.75. The van der Waals surface area contributed by atoms with Crippen molar-refractivity contribution in [1.29, 1.82) is 0 Å². The molecule has 0 spiro atoms. The van der Waals surface area contributed by atoms with E-state index in [-0.39, 0.29) is 0 Å². The van der Waals surface area contributed by atoms with Gasteiger partial charge in [-0.2, -0.15) is 15.0 Å². The third-order valence-electron chi connectivity index (χ3n) is 5.90. The van der Waals surface area contributed by atoms with Crippen molar-refractivity contribution in [3.63, 3.8) is 0 Å². The Labute approximate surface area is 172 Å². The largest absolute Gasteiger partial charge is 0.341 e. The van der Waals surface area contributed by atoms with Gasteiger partial charge in [-0.05, 0) is 61.4 Å². The van der Waals surface area contributed by atoms with Crippen molar-refractivity contribution >= 4 is 34.3 Å². The van der Waals surface area contributed by atoms with Crippen LogP contribution in [-0.2, 0) is 0 Å². The molecule has 6 heteroatoms. The van der Waals surface area contributed by atoms with Gasteiger partial charge in [-0.15, -0.1) is 0 Å². The summed E-state index contributed by atoms with van der Waals surface area (Å²) in [6, 6.07) is 14.8. The molecule has 0 atom stereocenters. The lowest BCUT2D eigenvalue weighted by Gasteiger charge is -2.30. The molecule has 2 aliphatic rings. The van der Waals surface area contributed by atoms with Crippen LogP contribution in [0.1, 0.15) is 38.5 Å². The Morgan fingerprint density at radius 2 is 1.21 bits per heavy atom. The minimum absolute atomic E-state index is 0.636. The Morgan fingerprint density at radius 3 is 1.83 bits per heavy atom. The SMILES string of the molecule is c1ccc2cc(Nc3nc(N4CCCCC4)nc(N4CCCCC4)n3)ccc2c1. The summed E-state index contributed by atoms with van der Waals surface area (Å²) in [5.41, 5.74) is 1.00. The summed E-state index contributed by atoms with van der Waals surface area (Å²) in [6.07, 6.45) is 7.41. The lowest BCUT2D eigenvalue weighted by Crippen LogP contribution is -2.34. The van der Waals surface area contributed by atoms with Crippen LogP contribution >= 0.6 is 0 Å². The lowest BCUT2D eigenvalue weighted by molar-refractivity contribution is 0.556. The van der Waals surface area contributed by atoms with E-state index in [1.165, 1.54) is 49.3 Å². The van der Waals surface area contributed by atoms with Crippen molar-refractivity contribution in [3.8, 4) is 0 Å². The Kier molecular flexibility index (Phi) is 5.15. The Hall–Kier alpha value is -2.89. The average molecular weight is 389 g/mol. The first kappa shape index (κ1) is 18.2. The van der Waals surface area contributed by atoms with E-state index in [0.717, 1.165) is 43.8 Å². The molecule has 0 bridgehead atoms. The smallest absolute Gasteiger partial charge is 0.233 e. The molecule has 0 radical (unpaired) electrons. The average Bonchev–Trinajstić information content (AvgIpc) is 2.80. The van der Waals surface area contributed by atoms with Gasteiger partial charge in [0.15, 0.2) is 0 Å². The van der Waals surface area contributed by atoms with Crippen molar-refractivity contribution in [2.75, 3.05) is 41.3 Å². The van der Waals surface area contributed by atoms with Gasteiger partial charge in [0.05, 0.1) is 0 Å². The Morgan fingerprint density at radius 1 is 0.621 bits per heavy atom. The number of hydrogen-bond acceptors (Lipinski definition) is 6. The van der Waals surface area contributed by atoms with Crippen LogP contribution in [0.15, 0.2) is 42.5 Å². The van der Waals surface area contributed by atoms with Gasteiger partial charge in [0, 0.05) is 31.9 Å². The van der Waals surface area contributed by atoms with E-state index in [2.05, 4.69) is 57.6 Å². The molecule has 0 saturated carbocycles. The number of piperidine rings is 2. The van der Waals surface area contributed by atoms with Gasteiger partial charge >= 0.3 is 0 Å². The third-order valence-corrected chi connectivity index (χ3v) is 5.90. The molecule has 5 rings (SSSR count). The first-order valence-corrected chi connectivity index (χ1v) is 10.9. The molecule has 2 aromatic carbocycles. The number of rotatable bonds is 4. The molecular formula is C23H28N6. The minimum Gasteiger partial charge on any atom is -0.341 e. The monoisotopic (exact) mass is 388 g/mol. The van der Waals surface area contributed by atoms with Crippen LogP contribution < -0.4 is 15.1 Å². The molecule has 2 fully saturated rings. The van der Waals surface area contributed by atoms with Gasteiger partial charge in [0.25, 0.3) is 0 Å². The van der Waals surface area contributed by atoms with E-state index in [4.69, 9.17) is 15.0 Å². The minimum atomic E-state index is 0.636. The topological polar surface area (TPSA) is 57.2 Å². The number of benzene rings is 2. The second-order valence-electron chi connectivity index (χ2n) is 8.04. The van der Waals surface area contributed by atoms with Gasteiger partial charge < -0.3 is 15.1 Å². The second kappa shape index (κ2) is 8.23. The zero-order valence-corrected chi connectivity index (χ0v) is 16.8. The van der Waals surface area contributed by atoms with Crippen LogP contribution in [0.5, 0.6) is 0 Å². The van der Waals surface area contributed by atoms with Gasteiger partial charge in [0.2, 0.25) is 17.8 Å². The fourth-order valence-corrected chi connectivity index (χ4v) is 4.28. The highest BCUT2D eigenvalue weighted by Crippen LogP contribution is 2.25.